The lowest BCUT2D eigenvalue weighted by Gasteiger charge is -2.15. The number of non-ortho nitro benzene ring substituents is 1. The Bertz CT molecular complexity index is 645. The highest BCUT2D eigenvalue weighted by Gasteiger charge is 2.30. The first-order valence-corrected chi connectivity index (χ1v) is 8.03. The van der Waals surface area contributed by atoms with Gasteiger partial charge in [0.25, 0.3) is 11.6 Å². The summed E-state index contributed by atoms with van der Waals surface area (Å²) in [5.41, 5.74) is -1.39. The van der Waals surface area contributed by atoms with Crippen molar-refractivity contribution >= 4 is 30.4 Å². The van der Waals surface area contributed by atoms with E-state index in [4.69, 9.17) is 0 Å². The summed E-state index contributed by atoms with van der Waals surface area (Å²) in [5.74, 6) is -0.913. The molecule has 1 aromatic carbocycles. The third-order valence-corrected chi connectivity index (χ3v) is 4.18. The summed E-state index contributed by atoms with van der Waals surface area (Å²) < 4.78 is 15.8. The monoisotopic (exact) mass is 346 g/mol. The van der Waals surface area contributed by atoms with Crippen LogP contribution in [0.3, 0.4) is 0 Å². The number of nitrogens with zero attached hydrogens (tertiary/aromatic N) is 2. The fraction of sp³-hybridized carbons (Fsp3) is 0.333. The molecule has 0 aliphatic heterocycles. The summed E-state index contributed by atoms with van der Waals surface area (Å²) in [5, 5.41) is 20.4. The molecule has 1 rings (SSSR count). The van der Waals surface area contributed by atoms with Crippen molar-refractivity contribution in [1.29, 1.82) is 0 Å². The van der Waals surface area contributed by atoms with E-state index in [0.29, 0.717) is 0 Å². The molecule has 126 valence electrons. The van der Waals surface area contributed by atoms with Gasteiger partial charge in [0.2, 0.25) is 5.52 Å². The van der Waals surface area contributed by atoms with Gasteiger partial charge in [0, 0.05) is 25.0 Å². The minimum Gasteiger partial charge on any atom is -0.319 e. The molecule has 0 bridgehead atoms. The van der Waals surface area contributed by atoms with Crippen LogP contribution in [0, 0.1) is 10.1 Å². The molecule has 0 fully saturated rings. The van der Waals surface area contributed by atoms with Crippen molar-refractivity contribution in [3.05, 3.63) is 34.4 Å². The number of amides is 1. The minimum atomic E-state index is -4.43. The molecule has 0 spiro atoms. The van der Waals surface area contributed by atoms with Crippen LogP contribution in [0.15, 0.2) is 24.3 Å². The van der Waals surface area contributed by atoms with Gasteiger partial charge in [-0.2, -0.15) is 5.06 Å². The third kappa shape index (κ3) is 5.22. The summed E-state index contributed by atoms with van der Waals surface area (Å²) >= 11 is 0. The predicted octanol–water partition coefficient (Wildman–Crippen LogP) is 1.85. The lowest BCUT2D eigenvalue weighted by molar-refractivity contribution is -0.384. The van der Waals surface area contributed by atoms with Gasteiger partial charge in [-0.05, 0) is 19.1 Å². The summed E-state index contributed by atoms with van der Waals surface area (Å²) in [6.45, 7) is 1.30. The Kier molecular flexibility index (Phi) is 6.52. The first-order chi connectivity index (χ1) is 10.7. The maximum atomic E-state index is 11.7. The lowest BCUT2D eigenvalue weighted by Crippen LogP contribution is -2.27. The second-order valence-corrected chi connectivity index (χ2v) is 6.11. The molecular weight excluding hydrogens is 331 g/mol. The van der Waals surface area contributed by atoms with Gasteiger partial charge >= 0.3 is 7.60 Å². The quantitative estimate of drug-likeness (QED) is 0.313. The first kappa shape index (κ1) is 18.9. The number of hydrogen-bond acceptors (Lipinski definition) is 7. The SMILES string of the molecule is CCOP(=O)(O)C(=O)CCC(=O)N(O)c1ccc([N+](=O)[O-])cc1. The average molecular weight is 346 g/mol. The Morgan fingerprint density at radius 2 is 1.87 bits per heavy atom. The second kappa shape index (κ2) is 7.93. The van der Waals surface area contributed by atoms with Crippen LogP contribution in [0.5, 0.6) is 0 Å². The normalized spacial score (nSPS) is 13.2. The van der Waals surface area contributed by atoms with Gasteiger partial charge in [-0.25, -0.2) is 0 Å². The summed E-state index contributed by atoms with van der Waals surface area (Å²) in [4.78, 5) is 42.3. The van der Waals surface area contributed by atoms with Crippen LogP contribution in [0.1, 0.15) is 19.8 Å². The van der Waals surface area contributed by atoms with Gasteiger partial charge in [0.15, 0.2) is 0 Å². The third-order valence-electron chi connectivity index (χ3n) is 2.71. The number of nitro groups is 1. The number of rotatable bonds is 8. The molecule has 1 unspecified atom stereocenters. The van der Waals surface area contributed by atoms with Crippen molar-refractivity contribution in [2.45, 2.75) is 19.8 Å². The summed E-state index contributed by atoms with van der Waals surface area (Å²) in [6.07, 6.45) is -1.11. The van der Waals surface area contributed by atoms with Crippen LogP contribution in [0.4, 0.5) is 11.4 Å². The van der Waals surface area contributed by atoms with Crippen molar-refractivity contribution in [3.8, 4) is 0 Å². The van der Waals surface area contributed by atoms with Crippen LogP contribution in [0.25, 0.3) is 0 Å². The van der Waals surface area contributed by atoms with Crippen LogP contribution < -0.4 is 5.06 Å². The first-order valence-electron chi connectivity index (χ1n) is 6.46. The van der Waals surface area contributed by atoms with E-state index < -0.39 is 36.8 Å². The largest absolute Gasteiger partial charge is 0.394 e. The zero-order chi connectivity index (χ0) is 17.6. The van der Waals surface area contributed by atoms with E-state index in [2.05, 4.69) is 4.52 Å². The molecule has 1 amide bonds. The number of hydroxylamine groups is 1. The Hall–Kier alpha value is -2.13. The molecule has 23 heavy (non-hydrogen) atoms. The van der Waals surface area contributed by atoms with E-state index in [0.717, 1.165) is 24.3 Å². The van der Waals surface area contributed by atoms with Gasteiger partial charge in [0.05, 0.1) is 17.2 Å². The van der Waals surface area contributed by atoms with Crippen molar-refractivity contribution in [2.75, 3.05) is 11.7 Å². The molecular formula is C12H15N2O8P. The molecule has 11 heteroatoms. The van der Waals surface area contributed by atoms with Gasteiger partial charge in [0.1, 0.15) is 0 Å². The van der Waals surface area contributed by atoms with E-state index in [1.54, 1.807) is 0 Å². The van der Waals surface area contributed by atoms with E-state index in [1.165, 1.54) is 6.92 Å². The van der Waals surface area contributed by atoms with Gasteiger partial charge in [-0.1, -0.05) is 0 Å². The van der Waals surface area contributed by atoms with Gasteiger partial charge in [-0.3, -0.25) is 29.5 Å². The zero-order valence-electron chi connectivity index (χ0n) is 12.1. The Balaban J connectivity index is 2.65. The smallest absolute Gasteiger partial charge is 0.319 e. The molecule has 1 aromatic rings. The predicted molar refractivity (Wildman–Crippen MR) is 78.1 cm³/mol. The van der Waals surface area contributed by atoms with Gasteiger partial charge in [-0.15, -0.1) is 0 Å². The van der Waals surface area contributed by atoms with E-state index >= 15 is 0 Å². The number of hydrogen-bond donors (Lipinski definition) is 2. The topological polar surface area (TPSA) is 147 Å². The van der Waals surface area contributed by atoms with Crippen LogP contribution in [-0.2, 0) is 18.7 Å². The second-order valence-electron chi connectivity index (χ2n) is 4.31. The van der Waals surface area contributed by atoms with E-state index in [9.17, 15) is 34.4 Å². The van der Waals surface area contributed by atoms with Crippen molar-refractivity contribution in [3.63, 3.8) is 0 Å². The van der Waals surface area contributed by atoms with Crippen LogP contribution in [-0.4, -0.2) is 33.1 Å². The molecule has 0 saturated carbocycles. The zero-order valence-corrected chi connectivity index (χ0v) is 13.0. The standard InChI is InChI=1S/C12H15N2O8P/c1-2-22-23(20,21)12(16)8-7-11(15)13(17)9-3-5-10(6-4-9)14(18)19/h3-6,17H,2,7-8H2,1H3,(H,20,21). The summed E-state index contributed by atoms with van der Waals surface area (Å²) in [6, 6.07) is 4.48. The number of benzene rings is 1. The molecule has 10 nitrogen and oxygen atoms in total. The summed E-state index contributed by atoms with van der Waals surface area (Å²) in [7, 11) is -4.43. The fourth-order valence-corrected chi connectivity index (χ4v) is 2.46. The number of carbonyl (C=O) groups is 2. The van der Waals surface area contributed by atoms with E-state index in [-0.39, 0.29) is 23.0 Å². The Labute approximate surface area is 130 Å². The molecule has 2 N–H and O–H groups in total. The molecule has 0 heterocycles. The molecule has 0 aromatic heterocycles. The van der Waals surface area contributed by atoms with Crippen molar-refractivity contribution in [1.82, 2.24) is 0 Å². The molecule has 0 aliphatic rings. The molecule has 0 saturated heterocycles. The molecule has 0 aliphatic carbocycles. The minimum absolute atomic E-state index is 0.0370. The highest BCUT2D eigenvalue weighted by Crippen LogP contribution is 2.44. The highest BCUT2D eigenvalue weighted by molar-refractivity contribution is 7.70. The van der Waals surface area contributed by atoms with Crippen LogP contribution >= 0.6 is 7.60 Å². The Morgan fingerprint density at radius 1 is 1.30 bits per heavy atom. The fourth-order valence-electron chi connectivity index (χ4n) is 1.57. The lowest BCUT2D eigenvalue weighted by atomic mass is 10.2. The van der Waals surface area contributed by atoms with E-state index in [1.807, 2.05) is 0 Å². The Morgan fingerprint density at radius 3 is 2.35 bits per heavy atom. The average Bonchev–Trinajstić information content (AvgIpc) is 2.51. The highest BCUT2D eigenvalue weighted by atomic mass is 31.2. The van der Waals surface area contributed by atoms with Crippen LogP contribution in [0.2, 0.25) is 0 Å². The molecule has 1 atom stereocenters. The molecule has 0 radical (unpaired) electrons. The maximum absolute atomic E-state index is 11.7. The van der Waals surface area contributed by atoms with Crippen molar-refractivity contribution < 1.29 is 33.7 Å². The number of anilines is 1. The van der Waals surface area contributed by atoms with Crippen molar-refractivity contribution in [2.24, 2.45) is 0 Å². The maximum Gasteiger partial charge on any atom is 0.394 e. The van der Waals surface area contributed by atoms with Gasteiger partial charge < -0.3 is 9.42 Å². The number of nitro benzene ring substituents is 1. The number of carbonyl (C=O) groups excluding carboxylic acids is 2.